The molecule has 1 aliphatic heterocycles. The second-order valence-electron chi connectivity index (χ2n) is 5.98. The number of benzene rings is 2. The van der Waals surface area contributed by atoms with Crippen molar-refractivity contribution in [3.05, 3.63) is 76.6 Å². The van der Waals surface area contributed by atoms with Crippen LogP contribution in [0.2, 0.25) is 0 Å². The third kappa shape index (κ3) is 2.86. The Morgan fingerprint density at radius 2 is 1.79 bits per heavy atom. The SMILES string of the molecule is O=c1c2ccccc2nnn1CN1CC=C(c2ccccc2)CC1. The molecule has 0 atom stereocenters. The molecule has 0 spiro atoms. The summed E-state index contributed by atoms with van der Waals surface area (Å²) in [4.78, 5) is 14.7. The standard InChI is InChI=1S/C19H18N4O/c24-19-17-8-4-5-9-18(17)20-21-23(19)14-22-12-10-16(11-13-22)15-6-2-1-3-7-15/h1-10H,11-14H2. The van der Waals surface area contributed by atoms with Crippen LogP contribution in [0.4, 0.5) is 0 Å². The lowest BCUT2D eigenvalue weighted by molar-refractivity contribution is 0.219. The highest BCUT2D eigenvalue weighted by atomic mass is 16.1. The van der Waals surface area contributed by atoms with Gasteiger partial charge in [0.1, 0.15) is 5.52 Å². The van der Waals surface area contributed by atoms with Crippen LogP contribution in [0.5, 0.6) is 0 Å². The van der Waals surface area contributed by atoms with Crippen LogP contribution in [0, 0.1) is 0 Å². The van der Waals surface area contributed by atoms with E-state index in [1.807, 2.05) is 24.3 Å². The maximum atomic E-state index is 12.5. The molecular formula is C19H18N4O. The smallest absolute Gasteiger partial charge is 0.278 e. The monoisotopic (exact) mass is 318 g/mol. The summed E-state index contributed by atoms with van der Waals surface area (Å²) in [6.07, 6.45) is 3.21. The van der Waals surface area contributed by atoms with Gasteiger partial charge in [0.25, 0.3) is 5.56 Å². The van der Waals surface area contributed by atoms with Crippen LogP contribution >= 0.6 is 0 Å². The first-order chi connectivity index (χ1) is 11.8. The van der Waals surface area contributed by atoms with Gasteiger partial charge in [-0.25, -0.2) is 0 Å². The molecule has 0 unspecified atom stereocenters. The molecule has 0 bridgehead atoms. The van der Waals surface area contributed by atoms with E-state index in [1.165, 1.54) is 15.8 Å². The lowest BCUT2D eigenvalue weighted by Crippen LogP contribution is -2.36. The van der Waals surface area contributed by atoms with Crippen molar-refractivity contribution in [1.29, 1.82) is 0 Å². The average molecular weight is 318 g/mol. The van der Waals surface area contributed by atoms with Crippen molar-refractivity contribution in [3.63, 3.8) is 0 Å². The summed E-state index contributed by atoms with van der Waals surface area (Å²) < 4.78 is 1.45. The van der Waals surface area contributed by atoms with Crippen LogP contribution in [0.25, 0.3) is 16.5 Å². The Hall–Kier alpha value is -2.79. The highest BCUT2D eigenvalue weighted by Gasteiger charge is 2.15. The van der Waals surface area contributed by atoms with Crippen molar-refractivity contribution in [2.24, 2.45) is 0 Å². The molecule has 0 N–H and O–H groups in total. The molecule has 0 fully saturated rings. The first-order valence-electron chi connectivity index (χ1n) is 8.10. The van der Waals surface area contributed by atoms with E-state index >= 15 is 0 Å². The predicted molar refractivity (Wildman–Crippen MR) is 94.4 cm³/mol. The zero-order chi connectivity index (χ0) is 16.4. The Morgan fingerprint density at radius 1 is 1.00 bits per heavy atom. The van der Waals surface area contributed by atoms with E-state index in [2.05, 4.69) is 45.6 Å². The molecule has 0 saturated heterocycles. The first kappa shape index (κ1) is 14.8. The molecule has 2 heterocycles. The van der Waals surface area contributed by atoms with Gasteiger partial charge < -0.3 is 0 Å². The molecule has 5 nitrogen and oxygen atoms in total. The molecule has 3 aromatic rings. The average Bonchev–Trinajstić information content (AvgIpc) is 2.66. The molecule has 0 radical (unpaired) electrons. The molecule has 0 aliphatic carbocycles. The fourth-order valence-electron chi connectivity index (χ4n) is 3.06. The maximum Gasteiger partial charge on any atom is 0.278 e. The summed E-state index contributed by atoms with van der Waals surface area (Å²) in [6.45, 7) is 2.18. The highest BCUT2D eigenvalue weighted by Crippen LogP contribution is 2.21. The van der Waals surface area contributed by atoms with Crippen molar-refractivity contribution in [2.45, 2.75) is 13.1 Å². The van der Waals surface area contributed by atoms with Gasteiger partial charge in [-0.15, -0.1) is 5.10 Å². The molecule has 1 aliphatic rings. The van der Waals surface area contributed by atoms with Crippen LogP contribution < -0.4 is 5.56 Å². The first-order valence-corrected chi connectivity index (χ1v) is 8.10. The topological polar surface area (TPSA) is 51.0 Å². The van der Waals surface area contributed by atoms with Gasteiger partial charge in [0.05, 0.1) is 12.1 Å². The van der Waals surface area contributed by atoms with Gasteiger partial charge >= 0.3 is 0 Å². The van der Waals surface area contributed by atoms with Gasteiger partial charge in [-0.3, -0.25) is 9.69 Å². The molecule has 120 valence electrons. The van der Waals surface area contributed by atoms with E-state index in [9.17, 15) is 4.79 Å². The van der Waals surface area contributed by atoms with Crippen molar-refractivity contribution >= 4 is 16.5 Å². The maximum absolute atomic E-state index is 12.5. The Morgan fingerprint density at radius 3 is 2.58 bits per heavy atom. The second-order valence-corrected chi connectivity index (χ2v) is 5.98. The zero-order valence-electron chi connectivity index (χ0n) is 13.3. The largest absolute Gasteiger partial charge is 0.280 e. The van der Waals surface area contributed by atoms with Gasteiger partial charge in [-0.2, -0.15) is 4.68 Å². The quantitative estimate of drug-likeness (QED) is 0.745. The van der Waals surface area contributed by atoms with E-state index in [1.54, 1.807) is 6.07 Å². The van der Waals surface area contributed by atoms with Crippen molar-refractivity contribution in [2.75, 3.05) is 13.1 Å². The molecule has 24 heavy (non-hydrogen) atoms. The fourth-order valence-corrected chi connectivity index (χ4v) is 3.06. The minimum absolute atomic E-state index is 0.0848. The highest BCUT2D eigenvalue weighted by molar-refractivity contribution is 5.76. The Labute approximate surface area is 139 Å². The summed E-state index contributed by atoms with van der Waals surface area (Å²) in [7, 11) is 0. The number of hydrogen-bond donors (Lipinski definition) is 0. The molecule has 2 aromatic carbocycles. The second kappa shape index (κ2) is 6.37. The zero-order valence-corrected chi connectivity index (χ0v) is 13.3. The summed E-state index contributed by atoms with van der Waals surface area (Å²) in [5.74, 6) is 0. The Bertz CT molecular complexity index is 946. The molecular weight excluding hydrogens is 300 g/mol. The molecule has 5 heteroatoms. The minimum atomic E-state index is -0.0848. The Kier molecular flexibility index (Phi) is 3.92. The molecule has 0 amide bonds. The summed E-state index contributed by atoms with van der Waals surface area (Å²) in [6, 6.07) is 17.8. The van der Waals surface area contributed by atoms with Crippen LogP contribution in [0.15, 0.2) is 65.5 Å². The molecule has 0 saturated carbocycles. The van der Waals surface area contributed by atoms with Gasteiger partial charge in [0, 0.05) is 13.1 Å². The number of aromatic nitrogens is 3. The van der Waals surface area contributed by atoms with Gasteiger partial charge in [-0.1, -0.05) is 53.8 Å². The van der Waals surface area contributed by atoms with Gasteiger partial charge in [0.15, 0.2) is 0 Å². The van der Waals surface area contributed by atoms with E-state index in [4.69, 9.17) is 0 Å². The van der Waals surface area contributed by atoms with Crippen LogP contribution in [-0.4, -0.2) is 33.0 Å². The number of hydrogen-bond acceptors (Lipinski definition) is 4. The number of rotatable bonds is 3. The summed E-state index contributed by atoms with van der Waals surface area (Å²) in [5, 5.41) is 8.83. The summed E-state index contributed by atoms with van der Waals surface area (Å²) in [5.41, 5.74) is 3.20. The van der Waals surface area contributed by atoms with E-state index < -0.39 is 0 Å². The van der Waals surface area contributed by atoms with Gasteiger partial charge in [-0.05, 0) is 29.7 Å². The normalized spacial score (nSPS) is 15.4. The third-order valence-corrected chi connectivity index (χ3v) is 4.40. The van der Waals surface area contributed by atoms with Crippen molar-refractivity contribution in [3.8, 4) is 0 Å². The number of nitrogens with zero attached hydrogens (tertiary/aromatic N) is 4. The summed E-state index contributed by atoms with van der Waals surface area (Å²) >= 11 is 0. The van der Waals surface area contributed by atoms with E-state index in [0.29, 0.717) is 17.6 Å². The molecule has 4 rings (SSSR count). The van der Waals surface area contributed by atoms with Gasteiger partial charge in [0.2, 0.25) is 0 Å². The van der Waals surface area contributed by atoms with Crippen molar-refractivity contribution in [1.82, 2.24) is 19.9 Å². The Balaban J connectivity index is 1.52. The van der Waals surface area contributed by atoms with Crippen LogP contribution in [0.1, 0.15) is 12.0 Å². The third-order valence-electron chi connectivity index (χ3n) is 4.40. The lowest BCUT2D eigenvalue weighted by Gasteiger charge is -2.26. The van der Waals surface area contributed by atoms with Crippen LogP contribution in [0.3, 0.4) is 0 Å². The minimum Gasteiger partial charge on any atom is -0.280 e. The van der Waals surface area contributed by atoms with E-state index in [-0.39, 0.29) is 5.56 Å². The van der Waals surface area contributed by atoms with E-state index in [0.717, 1.165) is 19.5 Å². The van der Waals surface area contributed by atoms with Crippen molar-refractivity contribution < 1.29 is 0 Å². The lowest BCUT2D eigenvalue weighted by atomic mass is 10.00. The number of fused-ring (bicyclic) bond motifs is 1. The predicted octanol–water partition coefficient (Wildman–Crippen LogP) is 2.54. The van der Waals surface area contributed by atoms with Crippen LogP contribution in [-0.2, 0) is 6.67 Å². The fraction of sp³-hybridized carbons (Fsp3) is 0.211. The molecule has 1 aromatic heterocycles.